The fourth-order valence-corrected chi connectivity index (χ4v) is 5.43. The average Bonchev–Trinajstić information content (AvgIpc) is 3.30. The lowest BCUT2D eigenvalue weighted by molar-refractivity contribution is -0.130. The van der Waals surface area contributed by atoms with E-state index >= 15 is 0 Å². The molecular formula is C17H18F3N5O3S2. The predicted octanol–water partition coefficient (Wildman–Crippen LogP) is 3.17. The second-order valence-electron chi connectivity index (χ2n) is 7.15. The van der Waals surface area contributed by atoms with Gasteiger partial charge in [0.25, 0.3) is 5.91 Å². The molecule has 1 fully saturated rings. The van der Waals surface area contributed by atoms with Crippen LogP contribution in [0.5, 0.6) is 0 Å². The van der Waals surface area contributed by atoms with Crippen LogP contribution in [0, 0.1) is 5.92 Å². The molecule has 0 spiro atoms. The first-order valence-corrected chi connectivity index (χ1v) is 10.9. The number of hydrogen-bond acceptors (Lipinski definition) is 9. The van der Waals surface area contributed by atoms with E-state index in [1.165, 1.54) is 23.1 Å². The minimum Gasteiger partial charge on any atom is -0.448 e. The van der Waals surface area contributed by atoms with Crippen molar-refractivity contribution in [3.05, 3.63) is 28.2 Å². The molecule has 0 bridgehead atoms. The van der Waals surface area contributed by atoms with Crippen LogP contribution in [0.2, 0.25) is 0 Å². The van der Waals surface area contributed by atoms with Crippen LogP contribution in [0.4, 0.5) is 19.0 Å². The van der Waals surface area contributed by atoms with Crippen molar-refractivity contribution in [3.8, 4) is 0 Å². The van der Waals surface area contributed by atoms with Crippen molar-refractivity contribution in [2.75, 3.05) is 17.7 Å². The van der Waals surface area contributed by atoms with E-state index in [1.54, 1.807) is 5.38 Å². The Morgan fingerprint density at radius 3 is 3.00 bits per heavy atom. The summed E-state index contributed by atoms with van der Waals surface area (Å²) in [5.41, 5.74) is 5.01. The maximum atomic E-state index is 12.4. The molecule has 162 valence electrons. The summed E-state index contributed by atoms with van der Waals surface area (Å²) in [4.78, 5) is 25.1. The van der Waals surface area contributed by atoms with Gasteiger partial charge in [-0.2, -0.15) is 13.2 Å². The zero-order chi connectivity index (χ0) is 21.5. The number of nitrogens with one attached hydrogen (secondary N) is 1. The highest BCUT2D eigenvalue weighted by molar-refractivity contribution is 8.13. The smallest absolute Gasteiger partial charge is 0.397 e. The van der Waals surface area contributed by atoms with Gasteiger partial charge in [0, 0.05) is 17.1 Å². The Morgan fingerprint density at radius 2 is 2.23 bits per heavy atom. The molecule has 0 radical (unpaired) electrons. The zero-order valence-electron chi connectivity index (χ0n) is 15.7. The molecule has 2 aromatic heterocycles. The number of oxazole rings is 1. The summed E-state index contributed by atoms with van der Waals surface area (Å²) in [6, 6.07) is 0. The second-order valence-corrected chi connectivity index (χ2v) is 9.05. The van der Waals surface area contributed by atoms with Gasteiger partial charge in [-0.25, -0.2) is 15.0 Å². The van der Waals surface area contributed by atoms with Gasteiger partial charge >= 0.3 is 6.18 Å². The summed E-state index contributed by atoms with van der Waals surface area (Å²) in [6.45, 7) is 2.35. The Hall–Kier alpha value is -2.12. The van der Waals surface area contributed by atoms with Crippen molar-refractivity contribution < 1.29 is 27.1 Å². The normalized spacial score (nSPS) is 26.7. The van der Waals surface area contributed by atoms with Gasteiger partial charge in [0.15, 0.2) is 10.9 Å². The summed E-state index contributed by atoms with van der Waals surface area (Å²) < 4.78 is 47.9. The van der Waals surface area contributed by atoms with Crippen molar-refractivity contribution in [1.82, 2.24) is 9.97 Å². The fourth-order valence-electron chi connectivity index (χ4n) is 3.46. The number of amidine groups is 1. The minimum atomic E-state index is -4.47. The van der Waals surface area contributed by atoms with Crippen LogP contribution in [-0.4, -0.2) is 45.7 Å². The first kappa shape index (κ1) is 21.1. The highest BCUT2D eigenvalue weighted by atomic mass is 32.2. The largest absolute Gasteiger partial charge is 0.448 e. The van der Waals surface area contributed by atoms with Crippen molar-refractivity contribution in [3.63, 3.8) is 0 Å². The number of nitrogens with zero attached hydrogens (tertiary/aromatic N) is 3. The quantitative estimate of drug-likeness (QED) is 0.719. The highest BCUT2D eigenvalue weighted by Crippen LogP contribution is 2.47. The van der Waals surface area contributed by atoms with Gasteiger partial charge in [0.2, 0.25) is 5.89 Å². The molecule has 8 nitrogen and oxygen atoms in total. The third-order valence-corrected chi connectivity index (χ3v) is 6.84. The number of halogens is 3. The Labute approximate surface area is 177 Å². The van der Waals surface area contributed by atoms with Crippen LogP contribution in [0.25, 0.3) is 0 Å². The molecule has 2 aromatic rings. The maximum absolute atomic E-state index is 12.4. The standard InChI is InChI=1S/C17H18F3N5O3S2/c1-8-2-9-5-30-15(21)25-16(9,7-28-8)14-24-11(6-29-14)23-13(26)10-4-27-12(22-10)3-17(18,19)20/h4,6,8-9H,2-3,5,7H2,1H3,(H2,21,25)(H,23,26)/t8-,9-,16?/m0/s1. The number of rotatable bonds is 4. The number of thiazole rings is 1. The molecule has 30 heavy (non-hydrogen) atoms. The first-order valence-electron chi connectivity index (χ1n) is 9.03. The lowest BCUT2D eigenvalue weighted by atomic mass is 9.80. The minimum absolute atomic E-state index is 0.107. The van der Waals surface area contributed by atoms with Gasteiger partial charge in [-0.05, 0) is 13.3 Å². The lowest BCUT2D eigenvalue weighted by Crippen LogP contribution is -2.49. The van der Waals surface area contributed by atoms with Crippen LogP contribution in [0.15, 0.2) is 21.1 Å². The zero-order valence-corrected chi connectivity index (χ0v) is 17.4. The van der Waals surface area contributed by atoms with Crippen molar-refractivity contribution in [2.24, 2.45) is 16.6 Å². The van der Waals surface area contributed by atoms with Crippen LogP contribution < -0.4 is 11.1 Å². The third-order valence-electron chi connectivity index (χ3n) is 4.87. The number of aliphatic imine (C=N–C) groups is 1. The number of ether oxygens (including phenoxy) is 1. The van der Waals surface area contributed by atoms with Crippen molar-refractivity contribution in [2.45, 2.75) is 37.6 Å². The molecule has 0 aliphatic carbocycles. The number of fused-ring (bicyclic) bond motifs is 1. The van der Waals surface area contributed by atoms with E-state index in [2.05, 4.69) is 20.3 Å². The van der Waals surface area contributed by atoms with Gasteiger partial charge < -0.3 is 20.2 Å². The van der Waals surface area contributed by atoms with Crippen LogP contribution in [0.3, 0.4) is 0 Å². The van der Waals surface area contributed by atoms with Crippen LogP contribution in [-0.2, 0) is 16.7 Å². The number of alkyl halides is 3. The van der Waals surface area contributed by atoms with Gasteiger partial charge in [0.1, 0.15) is 29.0 Å². The fraction of sp³-hybridized carbons (Fsp3) is 0.529. The Morgan fingerprint density at radius 1 is 1.43 bits per heavy atom. The highest BCUT2D eigenvalue weighted by Gasteiger charge is 2.49. The molecule has 0 saturated carbocycles. The van der Waals surface area contributed by atoms with E-state index in [9.17, 15) is 18.0 Å². The van der Waals surface area contributed by atoms with Crippen LogP contribution in [0.1, 0.15) is 34.7 Å². The molecule has 1 amide bonds. The van der Waals surface area contributed by atoms with E-state index < -0.39 is 29.9 Å². The molecule has 1 unspecified atom stereocenters. The number of hydrogen-bond donors (Lipinski definition) is 2. The molecule has 1 saturated heterocycles. The van der Waals surface area contributed by atoms with Crippen molar-refractivity contribution >= 4 is 40.0 Å². The molecule has 3 atom stereocenters. The molecule has 4 rings (SSSR count). The number of thioether (sulfide) groups is 1. The second kappa shape index (κ2) is 7.85. The first-order chi connectivity index (χ1) is 14.1. The molecule has 0 aromatic carbocycles. The monoisotopic (exact) mass is 461 g/mol. The van der Waals surface area contributed by atoms with Gasteiger partial charge in [-0.15, -0.1) is 11.3 Å². The number of nitrogens with two attached hydrogens (primary N) is 1. The number of aromatic nitrogens is 2. The van der Waals surface area contributed by atoms with Gasteiger partial charge in [-0.1, -0.05) is 11.8 Å². The molecule has 2 aliphatic rings. The molecule has 4 heterocycles. The SMILES string of the molecule is C[C@H]1C[C@H]2CSC(N)=NC2(c2nc(NC(=O)c3coc(CC(F)(F)F)n3)cs2)CO1. The predicted molar refractivity (Wildman–Crippen MR) is 106 cm³/mol. The summed E-state index contributed by atoms with van der Waals surface area (Å²) in [5, 5.41) is 5.30. The average molecular weight is 461 g/mol. The maximum Gasteiger partial charge on any atom is 0.397 e. The van der Waals surface area contributed by atoms with E-state index in [0.717, 1.165) is 18.4 Å². The molecule has 13 heteroatoms. The number of anilines is 1. The van der Waals surface area contributed by atoms with E-state index in [-0.39, 0.29) is 23.5 Å². The number of carbonyl (C=O) groups is 1. The summed E-state index contributed by atoms with van der Waals surface area (Å²) in [5.74, 6) is -0.0569. The molecule has 2 aliphatic heterocycles. The Bertz CT molecular complexity index is 976. The third kappa shape index (κ3) is 4.32. The van der Waals surface area contributed by atoms with E-state index in [1.807, 2.05) is 6.92 Å². The van der Waals surface area contributed by atoms with E-state index in [0.29, 0.717) is 16.8 Å². The number of carbonyl (C=O) groups excluding carboxylic acids is 1. The summed E-state index contributed by atoms with van der Waals surface area (Å²) >= 11 is 2.82. The molecular weight excluding hydrogens is 443 g/mol. The van der Waals surface area contributed by atoms with E-state index in [4.69, 9.17) is 14.9 Å². The van der Waals surface area contributed by atoms with Crippen molar-refractivity contribution in [1.29, 1.82) is 0 Å². The topological polar surface area (TPSA) is 116 Å². The van der Waals surface area contributed by atoms with Crippen LogP contribution >= 0.6 is 23.1 Å². The molecule has 3 N–H and O–H groups in total. The number of amides is 1. The lowest BCUT2D eigenvalue weighted by Gasteiger charge is -2.44. The Balaban J connectivity index is 1.51. The summed E-state index contributed by atoms with van der Waals surface area (Å²) in [7, 11) is 0. The summed E-state index contributed by atoms with van der Waals surface area (Å²) in [6.07, 6.45) is -4.01. The van der Waals surface area contributed by atoms with Gasteiger partial charge in [-0.3, -0.25) is 4.79 Å². The Kier molecular flexibility index (Phi) is 5.53. The van der Waals surface area contributed by atoms with Gasteiger partial charge in [0.05, 0.1) is 12.7 Å².